The number of carbonyl (C=O) groups excluding carboxylic acids is 2. The van der Waals surface area contributed by atoms with Gasteiger partial charge >= 0.3 is 6.03 Å². The second-order valence-corrected chi connectivity index (χ2v) is 6.31. The van der Waals surface area contributed by atoms with E-state index in [9.17, 15) is 9.59 Å². The first-order chi connectivity index (χ1) is 10.1. The maximum absolute atomic E-state index is 12.2. The molecule has 1 aliphatic heterocycles. The van der Waals surface area contributed by atoms with Gasteiger partial charge in [-0.3, -0.25) is 4.79 Å². The molecule has 0 aromatic rings. The molecule has 21 heavy (non-hydrogen) atoms. The molecule has 1 saturated heterocycles. The summed E-state index contributed by atoms with van der Waals surface area (Å²) < 4.78 is 0. The van der Waals surface area contributed by atoms with Gasteiger partial charge in [0.15, 0.2) is 0 Å². The van der Waals surface area contributed by atoms with Crippen molar-refractivity contribution >= 4 is 11.9 Å². The number of allylic oxidation sites excluding steroid dienone is 2. The van der Waals surface area contributed by atoms with Gasteiger partial charge in [0.25, 0.3) is 0 Å². The van der Waals surface area contributed by atoms with Crippen molar-refractivity contribution in [2.45, 2.75) is 45.4 Å². The Kier molecular flexibility index (Phi) is 5.65. The van der Waals surface area contributed by atoms with Crippen LogP contribution in [0.4, 0.5) is 4.79 Å². The van der Waals surface area contributed by atoms with Crippen LogP contribution in [-0.2, 0) is 4.79 Å². The van der Waals surface area contributed by atoms with Crippen molar-refractivity contribution in [3.05, 3.63) is 12.2 Å². The Morgan fingerprint density at radius 3 is 2.71 bits per heavy atom. The molecule has 2 aliphatic rings. The van der Waals surface area contributed by atoms with E-state index >= 15 is 0 Å². The summed E-state index contributed by atoms with van der Waals surface area (Å²) in [4.78, 5) is 25.0. The van der Waals surface area contributed by atoms with Gasteiger partial charge in [-0.15, -0.1) is 0 Å². The minimum Gasteiger partial charge on any atom is -0.356 e. The zero-order chi connectivity index (χ0) is 15.1. The maximum Gasteiger partial charge on any atom is 0.317 e. The van der Waals surface area contributed by atoms with E-state index in [-0.39, 0.29) is 11.9 Å². The van der Waals surface area contributed by atoms with Gasteiger partial charge in [0.2, 0.25) is 5.91 Å². The molecule has 3 amide bonds. The zero-order valence-corrected chi connectivity index (χ0v) is 13.0. The van der Waals surface area contributed by atoms with Gasteiger partial charge in [-0.05, 0) is 43.9 Å². The van der Waals surface area contributed by atoms with Crippen molar-refractivity contribution in [3.8, 4) is 0 Å². The highest BCUT2D eigenvalue weighted by atomic mass is 16.2. The number of amides is 3. The number of nitrogens with zero attached hydrogens (tertiary/aromatic N) is 1. The lowest BCUT2D eigenvalue weighted by Crippen LogP contribution is -2.50. The smallest absolute Gasteiger partial charge is 0.317 e. The molecule has 1 heterocycles. The molecule has 1 atom stereocenters. The number of carbonyl (C=O) groups is 2. The Balaban J connectivity index is 1.72. The third-order valence-corrected chi connectivity index (χ3v) is 4.51. The highest BCUT2D eigenvalue weighted by Gasteiger charge is 2.36. The summed E-state index contributed by atoms with van der Waals surface area (Å²) in [5.41, 5.74) is 0.320. The van der Waals surface area contributed by atoms with E-state index in [1.165, 1.54) is 19.8 Å². The molecule has 118 valence electrons. The molecule has 1 aliphatic carbocycles. The fourth-order valence-electron chi connectivity index (χ4n) is 3.35. The molecule has 0 saturated carbocycles. The van der Waals surface area contributed by atoms with Gasteiger partial charge in [0, 0.05) is 33.1 Å². The van der Waals surface area contributed by atoms with Crippen LogP contribution in [0.2, 0.25) is 0 Å². The summed E-state index contributed by atoms with van der Waals surface area (Å²) >= 11 is 0. The Hall–Kier alpha value is -1.52. The number of likely N-dealkylation sites (tertiary alicyclic amines) is 1. The highest BCUT2D eigenvalue weighted by Crippen LogP contribution is 2.40. The molecule has 2 N–H and O–H groups in total. The fourth-order valence-corrected chi connectivity index (χ4v) is 3.35. The summed E-state index contributed by atoms with van der Waals surface area (Å²) in [6.45, 7) is 4.48. The predicted molar refractivity (Wildman–Crippen MR) is 82.9 cm³/mol. The van der Waals surface area contributed by atoms with E-state index in [4.69, 9.17) is 0 Å². The van der Waals surface area contributed by atoms with E-state index in [0.29, 0.717) is 18.5 Å². The molecule has 5 nitrogen and oxygen atoms in total. The van der Waals surface area contributed by atoms with Gasteiger partial charge in [-0.25, -0.2) is 4.79 Å². The number of piperidine rings is 1. The lowest BCUT2D eigenvalue weighted by Gasteiger charge is -2.43. The quantitative estimate of drug-likeness (QED) is 0.615. The standard InChI is InChI=1S/C16H27N3O2/c1-14(20)17-10-6-11-18-15(21)19-12-5-9-16(13-19)7-3-2-4-8-16/h2-3H,4-13H2,1H3,(H,17,20)(H,18,21)/t16-/m0/s1. The van der Waals surface area contributed by atoms with Crippen molar-refractivity contribution in [3.63, 3.8) is 0 Å². The lowest BCUT2D eigenvalue weighted by atomic mass is 9.71. The van der Waals surface area contributed by atoms with Crippen LogP contribution in [0.15, 0.2) is 12.2 Å². The third kappa shape index (κ3) is 4.76. The van der Waals surface area contributed by atoms with E-state index < -0.39 is 0 Å². The number of urea groups is 1. The second-order valence-electron chi connectivity index (χ2n) is 6.31. The Morgan fingerprint density at radius 1 is 1.19 bits per heavy atom. The number of hydrogen-bond donors (Lipinski definition) is 2. The first-order valence-corrected chi connectivity index (χ1v) is 8.04. The zero-order valence-electron chi connectivity index (χ0n) is 13.0. The van der Waals surface area contributed by atoms with E-state index in [2.05, 4.69) is 22.8 Å². The van der Waals surface area contributed by atoms with Crippen molar-refractivity contribution in [2.75, 3.05) is 26.2 Å². The van der Waals surface area contributed by atoms with Crippen molar-refractivity contribution in [2.24, 2.45) is 5.41 Å². The minimum atomic E-state index is -0.0235. The molecule has 2 rings (SSSR count). The average Bonchev–Trinajstić information content (AvgIpc) is 2.47. The molecule has 0 aromatic heterocycles. The van der Waals surface area contributed by atoms with Crippen LogP contribution < -0.4 is 10.6 Å². The molecule has 5 heteroatoms. The average molecular weight is 293 g/mol. The molecule has 0 bridgehead atoms. The van der Waals surface area contributed by atoms with Crippen molar-refractivity contribution in [1.29, 1.82) is 0 Å². The number of rotatable bonds is 4. The first-order valence-electron chi connectivity index (χ1n) is 8.04. The first kappa shape index (κ1) is 15.9. The number of hydrogen-bond acceptors (Lipinski definition) is 2. The third-order valence-electron chi connectivity index (χ3n) is 4.51. The number of nitrogens with one attached hydrogen (secondary N) is 2. The topological polar surface area (TPSA) is 61.4 Å². The van der Waals surface area contributed by atoms with Gasteiger partial charge in [0.05, 0.1) is 0 Å². The van der Waals surface area contributed by atoms with Gasteiger partial charge in [-0.2, -0.15) is 0 Å². The van der Waals surface area contributed by atoms with Crippen molar-refractivity contribution in [1.82, 2.24) is 15.5 Å². The summed E-state index contributed by atoms with van der Waals surface area (Å²) in [5.74, 6) is -0.0235. The van der Waals surface area contributed by atoms with Crippen LogP contribution in [0, 0.1) is 5.41 Å². The largest absolute Gasteiger partial charge is 0.356 e. The summed E-state index contributed by atoms with van der Waals surface area (Å²) in [7, 11) is 0. The van der Waals surface area contributed by atoms with Crippen LogP contribution in [-0.4, -0.2) is 43.0 Å². The molecule has 1 spiro atoms. The molecule has 0 radical (unpaired) electrons. The van der Waals surface area contributed by atoms with E-state index in [1.54, 1.807) is 0 Å². The predicted octanol–water partition coefficient (Wildman–Crippen LogP) is 2.04. The SMILES string of the molecule is CC(=O)NCCCNC(=O)N1CCC[C@@]2(CC=CCC2)C1. The molecular formula is C16H27N3O2. The normalized spacial score (nSPS) is 24.9. The van der Waals surface area contributed by atoms with Crippen LogP contribution in [0.1, 0.15) is 45.4 Å². The van der Waals surface area contributed by atoms with E-state index in [0.717, 1.165) is 38.8 Å². The second kappa shape index (κ2) is 7.48. The van der Waals surface area contributed by atoms with Crippen LogP contribution in [0.5, 0.6) is 0 Å². The summed E-state index contributed by atoms with van der Waals surface area (Å²) in [6.07, 6.45) is 11.1. The molecule has 1 fully saturated rings. The Labute approximate surface area is 127 Å². The van der Waals surface area contributed by atoms with Gasteiger partial charge in [0.1, 0.15) is 0 Å². The fraction of sp³-hybridized carbons (Fsp3) is 0.750. The van der Waals surface area contributed by atoms with Crippen molar-refractivity contribution < 1.29 is 9.59 Å². The molecular weight excluding hydrogens is 266 g/mol. The minimum absolute atomic E-state index is 0.0235. The lowest BCUT2D eigenvalue weighted by molar-refractivity contribution is -0.118. The maximum atomic E-state index is 12.2. The van der Waals surface area contributed by atoms with Gasteiger partial charge in [-0.1, -0.05) is 12.2 Å². The highest BCUT2D eigenvalue weighted by molar-refractivity contribution is 5.74. The van der Waals surface area contributed by atoms with Crippen LogP contribution >= 0.6 is 0 Å². The Morgan fingerprint density at radius 2 is 2.00 bits per heavy atom. The van der Waals surface area contributed by atoms with Crippen LogP contribution in [0.25, 0.3) is 0 Å². The molecule has 0 unspecified atom stereocenters. The Bertz CT molecular complexity index is 408. The monoisotopic (exact) mass is 293 g/mol. The van der Waals surface area contributed by atoms with Crippen LogP contribution in [0.3, 0.4) is 0 Å². The van der Waals surface area contributed by atoms with Gasteiger partial charge < -0.3 is 15.5 Å². The van der Waals surface area contributed by atoms with E-state index in [1.807, 2.05) is 4.90 Å². The molecule has 0 aromatic carbocycles. The summed E-state index contributed by atoms with van der Waals surface area (Å²) in [6, 6.07) is 0.0476. The summed E-state index contributed by atoms with van der Waals surface area (Å²) in [5, 5.41) is 5.70.